The molecule has 1 aliphatic heterocycles. The van der Waals surface area contributed by atoms with Gasteiger partial charge in [-0.15, -0.1) is 0 Å². The Kier molecular flexibility index (Phi) is 4.84. The molecule has 1 aliphatic rings. The van der Waals surface area contributed by atoms with E-state index in [0.717, 1.165) is 16.7 Å². The van der Waals surface area contributed by atoms with E-state index in [1.54, 1.807) is 0 Å². The van der Waals surface area contributed by atoms with E-state index in [1.165, 1.54) is 19.4 Å². The third kappa shape index (κ3) is 3.71. The molecule has 0 bridgehead atoms. The van der Waals surface area contributed by atoms with Gasteiger partial charge in [0.25, 0.3) is 0 Å². The average Bonchev–Trinajstić information content (AvgIpc) is 2.40. The molecular formula is C15H20BrN3. The molecule has 2 atom stereocenters. The summed E-state index contributed by atoms with van der Waals surface area (Å²) in [5.41, 5.74) is 1.64. The Labute approximate surface area is 123 Å². The normalized spacial score (nSPS) is 21.7. The first-order valence-electron chi connectivity index (χ1n) is 6.75. The highest BCUT2D eigenvalue weighted by molar-refractivity contribution is 9.10. The summed E-state index contributed by atoms with van der Waals surface area (Å²) in [5, 5.41) is 12.7. The molecule has 102 valence electrons. The molecule has 2 unspecified atom stereocenters. The van der Waals surface area contributed by atoms with E-state index in [9.17, 15) is 5.26 Å². The van der Waals surface area contributed by atoms with Crippen LogP contribution in [-0.4, -0.2) is 31.1 Å². The van der Waals surface area contributed by atoms with E-state index >= 15 is 0 Å². The quantitative estimate of drug-likeness (QED) is 0.926. The number of nitrogens with one attached hydrogen (secondary N) is 1. The standard InChI is InChI=1S/C15H20BrN3/c1-11(12-4-3-7-19(2)10-12)18-15-6-5-14(16)8-13(15)9-17/h5-6,8,11-12,18H,3-4,7,10H2,1-2H3. The average molecular weight is 322 g/mol. The number of halogens is 1. The second-order valence-corrected chi connectivity index (χ2v) is 6.31. The van der Waals surface area contributed by atoms with Gasteiger partial charge in [0.15, 0.2) is 0 Å². The molecule has 0 spiro atoms. The van der Waals surface area contributed by atoms with Gasteiger partial charge in [-0.3, -0.25) is 0 Å². The third-order valence-corrected chi connectivity index (χ3v) is 4.35. The molecule has 19 heavy (non-hydrogen) atoms. The van der Waals surface area contributed by atoms with Crippen molar-refractivity contribution in [2.24, 2.45) is 5.92 Å². The van der Waals surface area contributed by atoms with Gasteiger partial charge in [0.1, 0.15) is 6.07 Å². The summed E-state index contributed by atoms with van der Waals surface area (Å²) in [7, 11) is 2.18. The smallest absolute Gasteiger partial charge is 0.101 e. The monoisotopic (exact) mass is 321 g/mol. The van der Waals surface area contributed by atoms with Crippen LogP contribution in [0.15, 0.2) is 22.7 Å². The highest BCUT2D eigenvalue weighted by atomic mass is 79.9. The van der Waals surface area contributed by atoms with Crippen molar-refractivity contribution in [1.82, 2.24) is 4.90 Å². The van der Waals surface area contributed by atoms with Crippen LogP contribution in [0, 0.1) is 17.2 Å². The zero-order chi connectivity index (χ0) is 13.8. The summed E-state index contributed by atoms with van der Waals surface area (Å²) >= 11 is 3.40. The number of piperidine rings is 1. The van der Waals surface area contributed by atoms with Crippen LogP contribution in [0.4, 0.5) is 5.69 Å². The van der Waals surface area contributed by atoms with Crippen LogP contribution in [0.3, 0.4) is 0 Å². The molecule has 1 aromatic rings. The molecule has 0 aromatic heterocycles. The predicted octanol–water partition coefficient (Wildman–Crippen LogP) is 3.46. The topological polar surface area (TPSA) is 39.1 Å². The molecule has 1 heterocycles. The SMILES string of the molecule is CC(Nc1ccc(Br)cc1C#N)C1CCCN(C)C1. The number of anilines is 1. The Balaban J connectivity index is 2.06. The maximum atomic E-state index is 9.19. The van der Waals surface area contributed by atoms with Crippen LogP contribution in [0.1, 0.15) is 25.3 Å². The van der Waals surface area contributed by atoms with Gasteiger partial charge in [0.2, 0.25) is 0 Å². The number of rotatable bonds is 3. The molecule has 0 saturated carbocycles. The van der Waals surface area contributed by atoms with Crippen molar-refractivity contribution < 1.29 is 0 Å². The first-order chi connectivity index (χ1) is 9.10. The molecule has 2 rings (SSSR count). The lowest BCUT2D eigenvalue weighted by Gasteiger charge is -2.34. The van der Waals surface area contributed by atoms with Gasteiger partial charge >= 0.3 is 0 Å². The maximum Gasteiger partial charge on any atom is 0.101 e. The number of nitriles is 1. The van der Waals surface area contributed by atoms with Crippen molar-refractivity contribution in [3.8, 4) is 6.07 Å². The van der Waals surface area contributed by atoms with Crippen LogP contribution in [-0.2, 0) is 0 Å². The molecule has 4 heteroatoms. The Morgan fingerprint density at radius 2 is 2.32 bits per heavy atom. The predicted molar refractivity (Wildman–Crippen MR) is 82.2 cm³/mol. The molecule has 1 N–H and O–H groups in total. The number of hydrogen-bond acceptors (Lipinski definition) is 3. The van der Waals surface area contributed by atoms with E-state index in [2.05, 4.69) is 46.2 Å². The molecule has 0 amide bonds. The van der Waals surface area contributed by atoms with E-state index in [4.69, 9.17) is 0 Å². The fourth-order valence-electron chi connectivity index (χ4n) is 2.71. The zero-order valence-electron chi connectivity index (χ0n) is 11.5. The fraction of sp³-hybridized carbons (Fsp3) is 0.533. The van der Waals surface area contributed by atoms with Crippen molar-refractivity contribution in [3.05, 3.63) is 28.2 Å². The van der Waals surface area contributed by atoms with Gasteiger partial charge in [-0.25, -0.2) is 0 Å². The van der Waals surface area contributed by atoms with Crippen LogP contribution in [0.2, 0.25) is 0 Å². The van der Waals surface area contributed by atoms with Gasteiger partial charge in [-0.05, 0) is 57.5 Å². The molecule has 1 fully saturated rings. The van der Waals surface area contributed by atoms with Gasteiger partial charge in [-0.2, -0.15) is 5.26 Å². The first kappa shape index (κ1) is 14.4. The molecular weight excluding hydrogens is 302 g/mol. The lowest BCUT2D eigenvalue weighted by atomic mass is 9.91. The van der Waals surface area contributed by atoms with Gasteiger partial charge < -0.3 is 10.2 Å². The van der Waals surface area contributed by atoms with E-state index in [-0.39, 0.29) is 0 Å². The Bertz CT molecular complexity index is 481. The summed E-state index contributed by atoms with van der Waals surface area (Å²) in [4.78, 5) is 2.39. The third-order valence-electron chi connectivity index (χ3n) is 3.85. The first-order valence-corrected chi connectivity index (χ1v) is 7.54. The van der Waals surface area contributed by atoms with Crippen LogP contribution in [0.5, 0.6) is 0 Å². The highest BCUT2D eigenvalue weighted by Crippen LogP contribution is 2.25. The lowest BCUT2D eigenvalue weighted by Crippen LogP contribution is -2.39. The van der Waals surface area contributed by atoms with Crippen LogP contribution in [0.25, 0.3) is 0 Å². The molecule has 0 aliphatic carbocycles. The summed E-state index contributed by atoms with van der Waals surface area (Å²) in [6, 6.07) is 8.45. The van der Waals surface area contributed by atoms with Crippen LogP contribution < -0.4 is 5.32 Å². The minimum absolute atomic E-state index is 0.385. The van der Waals surface area contributed by atoms with Crippen molar-refractivity contribution in [1.29, 1.82) is 5.26 Å². The molecule has 0 radical (unpaired) electrons. The summed E-state index contributed by atoms with van der Waals surface area (Å²) in [6.07, 6.45) is 2.52. The van der Waals surface area contributed by atoms with Crippen molar-refractivity contribution in [2.45, 2.75) is 25.8 Å². The van der Waals surface area contributed by atoms with Crippen molar-refractivity contribution in [2.75, 3.05) is 25.5 Å². The lowest BCUT2D eigenvalue weighted by molar-refractivity contribution is 0.197. The van der Waals surface area contributed by atoms with E-state index in [1.807, 2.05) is 18.2 Å². The number of benzene rings is 1. The van der Waals surface area contributed by atoms with E-state index < -0.39 is 0 Å². The molecule has 1 saturated heterocycles. The largest absolute Gasteiger partial charge is 0.381 e. The second kappa shape index (κ2) is 6.40. The molecule has 3 nitrogen and oxygen atoms in total. The summed E-state index contributed by atoms with van der Waals surface area (Å²) in [6.45, 7) is 4.55. The van der Waals surface area contributed by atoms with Gasteiger partial charge in [0.05, 0.1) is 11.3 Å². The maximum absolute atomic E-state index is 9.19. The van der Waals surface area contributed by atoms with Crippen molar-refractivity contribution in [3.63, 3.8) is 0 Å². The van der Waals surface area contributed by atoms with Crippen LogP contribution >= 0.6 is 15.9 Å². The van der Waals surface area contributed by atoms with Gasteiger partial charge in [-0.1, -0.05) is 15.9 Å². The fourth-order valence-corrected chi connectivity index (χ4v) is 3.07. The van der Waals surface area contributed by atoms with Crippen molar-refractivity contribution >= 4 is 21.6 Å². The number of nitrogens with zero attached hydrogens (tertiary/aromatic N) is 2. The minimum Gasteiger partial charge on any atom is -0.381 e. The van der Waals surface area contributed by atoms with E-state index in [0.29, 0.717) is 17.5 Å². The Morgan fingerprint density at radius 3 is 3.00 bits per heavy atom. The van der Waals surface area contributed by atoms with Gasteiger partial charge in [0, 0.05) is 17.1 Å². The summed E-state index contributed by atoms with van der Waals surface area (Å²) in [5.74, 6) is 0.647. The number of likely N-dealkylation sites (tertiary alicyclic amines) is 1. The molecule has 1 aromatic carbocycles. The zero-order valence-corrected chi connectivity index (χ0v) is 13.1. The Hall–Kier alpha value is -1.05. The highest BCUT2D eigenvalue weighted by Gasteiger charge is 2.23. The number of hydrogen-bond donors (Lipinski definition) is 1. The summed E-state index contributed by atoms with van der Waals surface area (Å²) < 4.78 is 0.944. The Morgan fingerprint density at radius 1 is 1.53 bits per heavy atom. The second-order valence-electron chi connectivity index (χ2n) is 5.40. The minimum atomic E-state index is 0.385.